The summed E-state index contributed by atoms with van der Waals surface area (Å²) < 4.78 is 112. The van der Waals surface area contributed by atoms with Gasteiger partial charge >= 0.3 is 24.4 Å². The van der Waals surface area contributed by atoms with Crippen LogP contribution in [0.3, 0.4) is 0 Å². The Morgan fingerprint density at radius 1 is 0.848 bits per heavy atom. The van der Waals surface area contributed by atoms with Gasteiger partial charge in [0, 0.05) is 24.8 Å². The molecule has 18 heteroatoms. The Morgan fingerprint density at radius 2 is 1.46 bits per heavy atom. The Hall–Kier alpha value is -4.97. The number of nitrogens with one attached hydrogen (secondary N) is 2. The van der Waals surface area contributed by atoms with E-state index in [9.17, 15) is 39.6 Å². The number of hydrogen-bond acceptors (Lipinski definition) is 8. The lowest BCUT2D eigenvalue weighted by atomic mass is 10.0. The van der Waals surface area contributed by atoms with Gasteiger partial charge in [0.1, 0.15) is 16.5 Å². The molecular formula is C28H25F6N7O4S. The second kappa shape index (κ2) is 13.2. The third-order valence-corrected chi connectivity index (χ3v) is 8.49. The van der Waals surface area contributed by atoms with Crippen LogP contribution in [0.2, 0.25) is 0 Å². The SMILES string of the molecule is CCN(CC)S(=O)(=O)c1ccc(C(F)(F)F)cc1NC(=O)Nc1cnc(Oc2ccc(-c3cc(C(F)(F)F)cnc3N)cc2)nc1. The van der Waals surface area contributed by atoms with Gasteiger partial charge in [-0.15, -0.1) is 0 Å². The number of amides is 2. The number of anilines is 3. The molecule has 0 radical (unpaired) electrons. The molecule has 0 unspecified atom stereocenters. The molecule has 2 heterocycles. The number of nitrogens with two attached hydrogens (primary N) is 1. The maximum Gasteiger partial charge on any atom is 0.417 e. The minimum absolute atomic E-state index is 0.0205. The molecule has 4 aromatic rings. The third-order valence-electron chi connectivity index (χ3n) is 6.38. The van der Waals surface area contributed by atoms with Gasteiger partial charge in [-0.2, -0.15) is 30.6 Å². The third kappa shape index (κ3) is 7.81. The summed E-state index contributed by atoms with van der Waals surface area (Å²) in [7, 11) is -4.25. The predicted octanol–water partition coefficient (Wildman–Crippen LogP) is 6.63. The van der Waals surface area contributed by atoms with Crippen molar-refractivity contribution >= 4 is 33.2 Å². The van der Waals surface area contributed by atoms with Crippen LogP contribution < -0.4 is 21.1 Å². The number of hydrogen-bond donors (Lipinski definition) is 3. The van der Waals surface area contributed by atoms with E-state index in [0.717, 1.165) is 28.8 Å². The average Bonchev–Trinajstić information content (AvgIpc) is 2.98. The van der Waals surface area contributed by atoms with Gasteiger partial charge in [0.2, 0.25) is 10.0 Å². The first kappa shape index (κ1) is 33.9. The minimum atomic E-state index is -4.81. The summed E-state index contributed by atoms with van der Waals surface area (Å²) in [5, 5.41) is 4.45. The van der Waals surface area contributed by atoms with Crippen molar-refractivity contribution < 1.29 is 44.3 Å². The fourth-order valence-corrected chi connectivity index (χ4v) is 5.71. The number of benzene rings is 2. The number of urea groups is 1. The van der Waals surface area contributed by atoms with E-state index in [4.69, 9.17) is 10.5 Å². The fraction of sp³-hybridized carbons (Fsp3) is 0.214. The van der Waals surface area contributed by atoms with Crippen molar-refractivity contribution in [1.29, 1.82) is 0 Å². The lowest BCUT2D eigenvalue weighted by Gasteiger charge is -2.21. The summed E-state index contributed by atoms with van der Waals surface area (Å²) in [5.74, 6) is 0.0964. The second-order valence-corrected chi connectivity index (χ2v) is 11.3. The van der Waals surface area contributed by atoms with Gasteiger partial charge < -0.3 is 21.1 Å². The summed E-state index contributed by atoms with van der Waals surface area (Å²) in [6.07, 6.45) is -6.55. The number of carbonyl (C=O) groups is 1. The van der Waals surface area contributed by atoms with Crippen LogP contribution in [0.1, 0.15) is 25.0 Å². The maximum atomic E-state index is 13.4. The molecule has 4 N–H and O–H groups in total. The number of ether oxygens (including phenoxy) is 1. The molecule has 0 saturated heterocycles. The smallest absolute Gasteiger partial charge is 0.417 e. The number of aromatic nitrogens is 3. The molecule has 2 aromatic heterocycles. The van der Waals surface area contributed by atoms with Crippen LogP contribution in [-0.4, -0.2) is 46.8 Å². The Labute approximate surface area is 258 Å². The first-order valence-corrected chi connectivity index (χ1v) is 14.7. The monoisotopic (exact) mass is 669 g/mol. The van der Waals surface area contributed by atoms with Gasteiger partial charge in [0.15, 0.2) is 0 Å². The molecule has 0 atom stereocenters. The summed E-state index contributed by atoms with van der Waals surface area (Å²) in [4.78, 5) is 23.6. The van der Waals surface area contributed by atoms with Gasteiger partial charge in [0.25, 0.3) is 0 Å². The van der Waals surface area contributed by atoms with Crippen LogP contribution in [-0.2, 0) is 22.4 Å². The number of carbonyl (C=O) groups excluding carboxylic acids is 1. The summed E-state index contributed by atoms with van der Waals surface area (Å²) >= 11 is 0. The molecule has 2 amide bonds. The van der Waals surface area contributed by atoms with Crippen LogP contribution in [0.25, 0.3) is 11.1 Å². The quantitative estimate of drug-likeness (QED) is 0.168. The summed E-state index contributed by atoms with van der Waals surface area (Å²) in [6.45, 7) is 3.21. The lowest BCUT2D eigenvalue weighted by Crippen LogP contribution is -2.32. The molecule has 2 aromatic carbocycles. The fourth-order valence-electron chi connectivity index (χ4n) is 4.12. The molecule has 0 spiro atoms. The second-order valence-electron chi connectivity index (χ2n) is 9.41. The zero-order chi connectivity index (χ0) is 33.9. The molecule has 0 aliphatic rings. The van der Waals surface area contributed by atoms with E-state index in [1.807, 2.05) is 0 Å². The van der Waals surface area contributed by atoms with E-state index in [2.05, 4.69) is 25.6 Å². The van der Waals surface area contributed by atoms with Crippen molar-refractivity contribution in [1.82, 2.24) is 19.3 Å². The largest absolute Gasteiger partial charge is 0.424 e. The standard InChI is InChI=1S/C28H25F6N7O4S/c1-3-41(4-2)46(43,44)23-10-7-17(27(29,30)31)12-22(23)40-25(42)39-19-14-37-26(38-15-19)45-20-8-5-16(6-9-20)21-11-18(28(32,33)34)13-36-24(21)35/h5-15H,3-4H2,1-2H3,(H2,35,36)(H2,39,40,42). The molecule has 0 aliphatic carbocycles. The number of halogens is 6. The van der Waals surface area contributed by atoms with Gasteiger partial charge in [-0.1, -0.05) is 26.0 Å². The molecule has 0 aliphatic heterocycles. The Bertz CT molecular complexity index is 1810. The zero-order valence-corrected chi connectivity index (χ0v) is 24.8. The summed E-state index contributed by atoms with van der Waals surface area (Å²) in [5.41, 5.74) is 3.41. The number of nitrogens with zero attached hydrogens (tertiary/aromatic N) is 4. The van der Waals surface area contributed by atoms with E-state index >= 15 is 0 Å². The van der Waals surface area contributed by atoms with Crippen molar-refractivity contribution in [2.24, 2.45) is 0 Å². The highest BCUT2D eigenvalue weighted by Gasteiger charge is 2.34. The number of nitrogen functional groups attached to an aromatic ring is 1. The van der Waals surface area contributed by atoms with Crippen molar-refractivity contribution in [3.8, 4) is 22.9 Å². The van der Waals surface area contributed by atoms with Crippen molar-refractivity contribution in [2.75, 3.05) is 29.5 Å². The molecule has 0 bridgehead atoms. The Morgan fingerprint density at radius 3 is 2.02 bits per heavy atom. The highest BCUT2D eigenvalue weighted by atomic mass is 32.2. The first-order chi connectivity index (χ1) is 21.5. The Kier molecular flexibility index (Phi) is 9.71. The van der Waals surface area contributed by atoms with E-state index in [1.54, 1.807) is 13.8 Å². The predicted molar refractivity (Wildman–Crippen MR) is 155 cm³/mol. The summed E-state index contributed by atoms with van der Waals surface area (Å²) in [6, 6.07) is 7.27. The average molecular weight is 670 g/mol. The zero-order valence-electron chi connectivity index (χ0n) is 23.9. The van der Waals surface area contributed by atoms with Gasteiger partial charge in [-0.25, -0.2) is 28.2 Å². The molecule has 11 nitrogen and oxygen atoms in total. The van der Waals surface area contributed by atoms with Crippen LogP contribution in [0.4, 0.5) is 48.3 Å². The van der Waals surface area contributed by atoms with E-state index in [1.165, 1.54) is 24.3 Å². The van der Waals surface area contributed by atoms with E-state index in [-0.39, 0.29) is 41.9 Å². The van der Waals surface area contributed by atoms with E-state index in [0.29, 0.717) is 23.9 Å². The van der Waals surface area contributed by atoms with Crippen LogP contribution in [0.15, 0.2) is 72.0 Å². The number of pyridine rings is 1. The van der Waals surface area contributed by atoms with E-state index < -0.39 is 50.1 Å². The topological polar surface area (TPSA) is 152 Å². The van der Waals surface area contributed by atoms with Crippen LogP contribution >= 0.6 is 0 Å². The van der Waals surface area contributed by atoms with Gasteiger partial charge in [-0.3, -0.25) is 0 Å². The van der Waals surface area contributed by atoms with Crippen LogP contribution in [0.5, 0.6) is 11.8 Å². The molecule has 0 fully saturated rings. The molecule has 4 rings (SSSR count). The molecule has 244 valence electrons. The van der Waals surface area contributed by atoms with Crippen LogP contribution in [0, 0.1) is 0 Å². The van der Waals surface area contributed by atoms with Crippen molar-refractivity contribution in [3.05, 3.63) is 78.2 Å². The highest BCUT2D eigenvalue weighted by molar-refractivity contribution is 7.89. The van der Waals surface area contributed by atoms with Gasteiger partial charge in [0.05, 0.1) is 34.9 Å². The molecule has 46 heavy (non-hydrogen) atoms. The highest BCUT2D eigenvalue weighted by Crippen LogP contribution is 2.36. The number of alkyl halides is 6. The normalized spacial score (nSPS) is 12.2. The molecule has 0 saturated carbocycles. The van der Waals surface area contributed by atoms with Gasteiger partial charge in [-0.05, 0) is 42.0 Å². The number of sulfonamides is 1. The van der Waals surface area contributed by atoms with Crippen molar-refractivity contribution in [2.45, 2.75) is 31.1 Å². The minimum Gasteiger partial charge on any atom is -0.424 e. The first-order valence-electron chi connectivity index (χ1n) is 13.2. The number of rotatable bonds is 9. The lowest BCUT2D eigenvalue weighted by molar-refractivity contribution is -0.138. The van der Waals surface area contributed by atoms with Crippen molar-refractivity contribution in [3.63, 3.8) is 0 Å². The molecular weight excluding hydrogens is 644 g/mol. The Balaban J connectivity index is 1.47. The maximum absolute atomic E-state index is 13.4.